The van der Waals surface area contributed by atoms with Gasteiger partial charge in [-0.25, -0.2) is 8.42 Å². The van der Waals surface area contributed by atoms with Crippen LogP contribution in [0.1, 0.15) is 11.5 Å². The van der Waals surface area contributed by atoms with Crippen molar-refractivity contribution < 1.29 is 12.9 Å². The summed E-state index contributed by atoms with van der Waals surface area (Å²) in [6.07, 6.45) is 1.20. The Kier molecular flexibility index (Phi) is 3.44. The summed E-state index contributed by atoms with van der Waals surface area (Å²) in [4.78, 5) is 4.08. The van der Waals surface area contributed by atoms with Crippen LogP contribution in [0, 0.1) is 0 Å². The Morgan fingerprint density at radius 2 is 1.94 bits per heavy atom. The Morgan fingerprint density at radius 1 is 1.28 bits per heavy atom. The molecule has 0 spiro atoms. The summed E-state index contributed by atoms with van der Waals surface area (Å²) < 4.78 is 27.2. The first-order valence-electron chi connectivity index (χ1n) is 5.27. The number of benzene rings is 1. The molecule has 96 valence electrons. The molecule has 6 nitrogen and oxygen atoms in total. The molecule has 0 saturated heterocycles. The van der Waals surface area contributed by atoms with Gasteiger partial charge in [-0.3, -0.25) is 0 Å². The van der Waals surface area contributed by atoms with E-state index in [2.05, 4.69) is 10.1 Å². The monoisotopic (exact) mass is 267 g/mol. The molecule has 18 heavy (non-hydrogen) atoms. The van der Waals surface area contributed by atoms with Crippen molar-refractivity contribution in [3.05, 3.63) is 35.7 Å². The van der Waals surface area contributed by atoms with Gasteiger partial charge in [0.15, 0.2) is 9.84 Å². The van der Waals surface area contributed by atoms with Gasteiger partial charge < -0.3 is 10.3 Å². The first kappa shape index (κ1) is 12.7. The molecule has 0 aliphatic rings. The summed E-state index contributed by atoms with van der Waals surface area (Å²) in [5.41, 5.74) is 6.86. The molecular formula is C11H13N3O3S. The van der Waals surface area contributed by atoms with E-state index in [1.54, 1.807) is 24.3 Å². The number of hydrogen-bond donors (Lipinski definition) is 1. The highest BCUT2D eigenvalue weighted by atomic mass is 32.2. The van der Waals surface area contributed by atoms with Crippen molar-refractivity contribution in [2.24, 2.45) is 5.73 Å². The zero-order chi connectivity index (χ0) is 13.2. The largest absolute Gasteiger partial charge is 0.338 e. The minimum Gasteiger partial charge on any atom is -0.338 e. The molecule has 0 radical (unpaired) electrons. The van der Waals surface area contributed by atoms with Crippen LogP contribution in [0.2, 0.25) is 0 Å². The maximum absolute atomic E-state index is 11.1. The summed E-state index contributed by atoms with van der Waals surface area (Å²) in [7, 11) is -3.02. The van der Waals surface area contributed by atoms with E-state index in [1.807, 2.05) is 0 Å². The van der Waals surface area contributed by atoms with Crippen molar-refractivity contribution in [1.29, 1.82) is 0 Å². The quantitative estimate of drug-likeness (QED) is 0.877. The molecular weight excluding hydrogens is 254 g/mol. The lowest BCUT2D eigenvalue weighted by atomic mass is 10.1. The van der Waals surface area contributed by atoms with Crippen LogP contribution in [-0.2, 0) is 22.1 Å². The van der Waals surface area contributed by atoms with Gasteiger partial charge in [0.05, 0.1) is 12.3 Å². The van der Waals surface area contributed by atoms with Crippen molar-refractivity contribution in [1.82, 2.24) is 10.1 Å². The maximum atomic E-state index is 11.1. The standard InChI is InChI=1S/C11H13N3O3S/c1-18(15,16)7-8-2-4-9(5-3-8)11-13-10(6-12)17-14-11/h2-5H,6-7,12H2,1H3. The average Bonchev–Trinajstić information content (AvgIpc) is 2.76. The lowest BCUT2D eigenvalue weighted by Gasteiger charge is -2.00. The molecule has 0 atom stereocenters. The molecule has 2 N–H and O–H groups in total. The predicted octanol–water partition coefficient (Wildman–Crippen LogP) is 0.740. The fourth-order valence-electron chi connectivity index (χ4n) is 1.51. The zero-order valence-corrected chi connectivity index (χ0v) is 10.6. The van der Waals surface area contributed by atoms with Crippen LogP contribution >= 0.6 is 0 Å². The summed E-state index contributed by atoms with van der Waals surface area (Å²) >= 11 is 0. The van der Waals surface area contributed by atoms with Gasteiger partial charge >= 0.3 is 0 Å². The van der Waals surface area contributed by atoms with Crippen molar-refractivity contribution in [2.75, 3.05) is 6.26 Å². The number of nitrogens with two attached hydrogens (primary N) is 1. The fourth-order valence-corrected chi connectivity index (χ4v) is 2.31. The smallest absolute Gasteiger partial charge is 0.240 e. The van der Waals surface area contributed by atoms with Gasteiger partial charge in [0.2, 0.25) is 11.7 Å². The van der Waals surface area contributed by atoms with Crippen molar-refractivity contribution >= 4 is 9.84 Å². The highest BCUT2D eigenvalue weighted by Gasteiger charge is 2.08. The number of sulfone groups is 1. The third-order valence-electron chi connectivity index (χ3n) is 2.28. The molecule has 0 aliphatic carbocycles. The zero-order valence-electron chi connectivity index (χ0n) is 9.83. The number of nitrogens with zero attached hydrogens (tertiary/aromatic N) is 2. The molecule has 2 aromatic rings. The molecule has 2 rings (SSSR count). The van der Waals surface area contributed by atoms with Gasteiger partial charge in [-0.2, -0.15) is 4.98 Å². The van der Waals surface area contributed by atoms with Gasteiger partial charge in [-0.05, 0) is 5.56 Å². The van der Waals surface area contributed by atoms with E-state index in [1.165, 1.54) is 6.26 Å². The van der Waals surface area contributed by atoms with Crippen molar-refractivity contribution in [3.8, 4) is 11.4 Å². The second kappa shape index (κ2) is 4.87. The van der Waals surface area contributed by atoms with Gasteiger partial charge in [-0.1, -0.05) is 29.4 Å². The SMILES string of the molecule is CS(=O)(=O)Cc1ccc(-c2noc(CN)n2)cc1. The van der Waals surface area contributed by atoms with Gasteiger partial charge in [0.25, 0.3) is 0 Å². The van der Waals surface area contributed by atoms with E-state index >= 15 is 0 Å². The Balaban J connectivity index is 2.22. The third-order valence-corrected chi connectivity index (χ3v) is 3.14. The Labute approximate surface area is 105 Å². The second-order valence-corrected chi connectivity index (χ2v) is 6.12. The highest BCUT2D eigenvalue weighted by molar-refractivity contribution is 7.89. The van der Waals surface area contributed by atoms with Crippen molar-refractivity contribution in [2.45, 2.75) is 12.3 Å². The first-order valence-corrected chi connectivity index (χ1v) is 7.34. The molecule has 0 aliphatic heterocycles. The Hall–Kier alpha value is -1.73. The lowest BCUT2D eigenvalue weighted by molar-refractivity contribution is 0.380. The van der Waals surface area contributed by atoms with E-state index in [-0.39, 0.29) is 12.3 Å². The van der Waals surface area contributed by atoms with Crippen LogP contribution < -0.4 is 5.73 Å². The van der Waals surface area contributed by atoms with Crippen LogP contribution in [0.3, 0.4) is 0 Å². The Bertz CT molecular complexity index is 632. The van der Waals surface area contributed by atoms with Crippen LogP contribution in [0.15, 0.2) is 28.8 Å². The van der Waals surface area contributed by atoms with E-state index < -0.39 is 9.84 Å². The first-order chi connectivity index (χ1) is 8.48. The van der Waals surface area contributed by atoms with Crippen LogP contribution in [0.5, 0.6) is 0 Å². The molecule has 0 fully saturated rings. The average molecular weight is 267 g/mol. The number of rotatable bonds is 4. The Morgan fingerprint density at radius 3 is 2.44 bits per heavy atom. The number of hydrogen-bond acceptors (Lipinski definition) is 6. The molecule has 1 heterocycles. The predicted molar refractivity (Wildman–Crippen MR) is 66.2 cm³/mol. The van der Waals surface area contributed by atoms with E-state index in [0.717, 1.165) is 11.1 Å². The molecule has 0 saturated carbocycles. The maximum Gasteiger partial charge on any atom is 0.240 e. The minimum absolute atomic E-state index is 0.0214. The van der Waals surface area contributed by atoms with Crippen LogP contribution in [0.25, 0.3) is 11.4 Å². The molecule has 0 bridgehead atoms. The highest BCUT2D eigenvalue weighted by Crippen LogP contribution is 2.17. The normalized spacial score (nSPS) is 11.7. The van der Waals surface area contributed by atoms with Gasteiger partial charge in [0.1, 0.15) is 0 Å². The summed E-state index contributed by atoms with van der Waals surface area (Å²) in [6.45, 7) is 0.194. The van der Waals surface area contributed by atoms with Crippen LogP contribution in [0.4, 0.5) is 0 Å². The van der Waals surface area contributed by atoms with E-state index in [4.69, 9.17) is 10.3 Å². The third kappa shape index (κ3) is 3.14. The molecule has 7 heteroatoms. The van der Waals surface area contributed by atoms with Gasteiger partial charge in [-0.15, -0.1) is 0 Å². The summed E-state index contributed by atoms with van der Waals surface area (Å²) in [6, 6.07) is 6.97. The number of aromatic nitrogens is 2. The van der Waals surface area contributed by atoms with Crippen LogP contribution in [-0.4, -0.2) is 24.8 Å². The van der Waals surface area contributed by atoms with E-state index in [0.29, 0.717) is 11.7 Å². The lowest BCUT2D eigenvalue weighted by Crippen LogP contribution is -2.00. The minimum atomic E-state index is -3.02. The molecule has 1 aromatic heterocycles. The van der Waals surface area contributed by atoms with E-state index in [9.17, 15) is 8.42 Å². The van der Waals surface area contributed by atoms with Crippen molar-refractivity contribution in [3.63, 3.8) is 0 Å². The summed E-state index contributed by atoms with van der Waals surface area (Å²) in [5.74, 6) is 0.833. The second-order valence-electron chi connectivity index (χ2n) is 3.98. The fraction of sp³-hybridized carbons (Fsp3) is 0.273. The topological polar surface area (TPSA) is 99.1 Å². The molecule has 1 aromatic carbocycles. The van der Waals surface area contributed by atoms with Gasteiger partial charge in [0, 0.05) is 11.8 Å². The molecule has 0 unspecified atom stereocenters. The summed E-state index contributed by atoms with van der Waals surface area (Å²) in [5, 5.41) is 3.78. The molecule has 0 amide bonds.